The molecular formula is C12H19F3N2O. The van der Waals surface area contributed by atoms with Crippen molar-refractivity contribution in [3.63, 3.8) is 0 Å². The minimum atomic E-state index is -4.46. The van der Waals surface area contributed by atoms with Crippen molar-refractivity contribution >= 4 is 0 Å². The van der Waals surface area contributed by atoms with Crippen molar-refractivity contribution in [2.24, 2.45) is 11.3 Å². The minimum absolute atomic E-state index is 0.0350. The van der Waals surface area contributed by atoms with Gasteiger partial charge in [0, 0.05) is 24.6 Å². The second kappa shape index (κ2) is 5.45. The molecule has 1 aliphatic rings. The summed E-state index contributed by atoms with van der Waals surface area (Å²) in [7, 11) is 0. The van der Waals surface area contributed by atoms with Gasteiger partial charge in [-0.3, -0.25) is 0 Å². The highest BCUT2D eigenvalue weighted by Gasteiger charge is 2.49. The van der Waals surface area contributed by atoms with Gasteiger partial charge < -0.3 is 10.1 Å². The molecule has 0 amide bonds. The number of hydrogen-bond donors (Lipinski definition) is 1. The third-order valence-electron chi connectivity index (χ3n) is 3.66. The molecule has 0 saturated heterocycles. The van der Waals surface area contributed by atoms with Crippen LogP contribution in [-0.4, -0.2) is 31.5 Å². The van der Waals surface area contributed by atoms with Crippen molar-refractivity contribution in [3.05, 3.63) is 0 Å². The van der Waals surface area contributed by atoms with E-state index in [-0.39, 0.29) is 24.1 Å². The van der Waals surface area contributed by atoms with E-state index in [1.807, 2.05) is 20.8 Å². The van der Waals surface area contributed by atoms with Crippen LogP contribution in [0, 0.1) is 22.7 Å². The molecule has 0 bridgehead atoms. The summed E-state index contributed by atoms with van der Waals surface area (Å²) in [6.07, 6.45) is -3.70. The topological polar surface area (TPSA) is 45.0 Å². The second-order valence-electron chi connectivity index (χ2n) is 5.19. The Bertz CT molecular complexity index is 322. The normalized spacial score (nSPS) is 28.3. The van der Waals surface area contributed by atoms with Gasteiger partial charge in [0.15, 0.2) is 5.92 Å². The van der Waals surface area contributed by atoms with E-state index in [1.54, 1.807) is 0 Å². The van der Waals surface area contributed by atoms with E-state index in [9.17, 15) is 13.2 Å². The van der Waals surface area contributed by atoms with Crippen LogP contribution >= 0.6 is 0 Å². The van der Waals surface area contributed by atoms with Crippen LogP contribution < -0.4 is 5.32 Å². The molecule has 0 aromatic carbocycles. The maximum Gasteiger partial charge on any atom is 0.405 e. The van der Waals surface area contributed by atoms with Crippen molar-refractivity contribution in [3.8, 4) is 6.07 Å². The zero-order chi connectivity index (χ0) is 14.0. The molecule has 1 aliphatic carbocycles. The molecular weight excluding hydrogens is 245 g/mol. The average Bonchev–Trinajstić information content (AvgIpc) is 2.25. The summed E-state index contributed by atoms with van der Waals surface area (Å²) in [5.74, 6) is -1.94. The molecule has 3 unspecified atom stereocenters. The van der Waals surface area contributed by atoms with E-state index in [2.05, 4.69) is 5.32 Å². The Balaban J connectivity index is 2.45. The summed E-state index contributed by atoms with van der Waals surface area (Å²) in [5, 5.41) is 11.3. The first-order valence-corrected chi connectivity index (χ1v) is 6.04. The molecule has 0 radical (unpaired) electrons. The van der Waals surface area contributed by atoms with Crippen molar-refractivity contribution < 1.29 is 17.9 Å². The van der Waals surface area contributed by atoms with Gasteiger partial charge in [0.1, 0.15) is 0 Å². The molecule has 18 heavy (non-hydrogen) atoms. The lowest BCUT2D eigenvalue weighted by Crippen LogP contribution is -2.61. The maximum atomic E-state index is 12.4. The van der Waals surface area contributed by atoms with Gasteiger partial charge in [-0.15, -0.1) is 0 Å². The van der Waals surface area contributed by atoms with E-state index in [4.69, 9.17) is 10.00 Å². The Kier molecular flexibility index (Phi) is 4.62. The molecule has 1 N–H and O–H groups in total. The van der Waals surface area contributed by atoms with Crippen molar-refractivity contribution in [1.82, 2.24) is 5.32 Å². The first kappa shape index (κ1) is 15.3. The van der Waals surface area contributed by atoms with E-state index in [0.29, 0.717) is 13.0 Å². The average molecular weight is 264 g/mol. The molecule has 1 saturated carbocycles. The highest BCUT2D eigenvalue weighted by molar-refractivity contribution is 5.04. The Morgan fingerprint density at radius 1 is 1.50 bits per heavy atom. The summed E-state index contributed by atoms with van der Waals surface area (Å²) in [5.41, 5.74) is -0.193. The van der Waals surface area contributed by atoms with Gasteiger partial charge in [-0.2, -0.15) is 18.4 Å². The fourth-order valence-corrected chi connectivity index (χ4v) is 2.21. The fraction of sp³-hybridized carbons (Fsp3) is 0.917. The molecule has 0 spiro atoms. The summed E-state index contributed by atoms with van der Waals surface area (Å²) in [6, 6.07) is 1.26. The molecule has 1 rings (SSSR count). The standard InChI is InChI=1S/C12H19F3N2O/c1-4-18-10-5-9(11(10,2)3)17-7-8(6-16)12(13,14)15/h8-10,17H,4-5,7H2,1-3H3. The van der Waals surface area contributed by atoms with Gasteiger partial charge in [-0.25, -0.2) is 0 Å². The molecule has 3 atom stereocenters. The number of nitrogens with one attached hydrogen (secondary N) is 1. The number of nitrogens with zero attached hydrogens (tertiary/aromatic N) is 1. The zero-order valence-electron chi connectivity index (χ0n) is 10.8. The lowest BCUT2D eigenvalue weighted by molar-refractivity contribution is -0.162. The van der Waals surface area contributed by atoms with Crippen LogP contribution in [0.15, 0.2) is 0 Å². The molecule has 0 aromatic rings. The van der Waals surface area contributed by atoms with Gasteiger partial charge in [-0.05, 0) is 13.3 Å². The Morgan fingerprint density at radius 3 is 2.50 bits per heavy atom. The third-order valence-corrected chi connectivity index (χ3v) is 3.66. The predicted molar refractivity (Wildman–Crippen MR) is 60.8 cm³/mol. The Hall–Kier alpha value is -0.800. The summed E-state index contributed by atoms with van der Waals surface area (Å²) >= 11 is 0. The lowest BCUT2D eigenvalue weighted by atomic mass is 9.64. The van der Waals surface area contributed by atoms with Crippen molar-refractivity contribution in [2.75, 3.05) is 13.2 Å². The van der Waals surface area contributed by atoms with Crippen LogP contribution in [0.3, 0.4) is 0 Å². The molecule has 1 fully saturated rings. The number of ether oxygens (including phenoxy) is 1. The first-order valence-electron chi connectivity index (χ1n) is 6.04. The highest BCUT2D eigenvalue weighted by Crippen LogP contribution is 2.43. The third kappa shape index (κ3) is 3.15. The van der Waals surface area contributed by atoms with Gasteiger partial charge >= 0.3 is 6.18 Å². The largest absolute Gasteiger partial charge is 0.405 e. The van der Waals surface area contributed by atoms with Crippen LogP contribution in [0.1, 0.15) is 27.2 Å². The highest BCUT2D eigenvalue weighted by atomic mass is 19.4. The monoisotopic (exact) mass is 264 g/mol. The smallest absolute Gasteiger partial charge is 0.378 e. The van der Waals surface area contributed by atoms with Crippen LogP contribution in [0.25, 0.3) is 0 Å². The van der Waals surface area contributed by atoms with Crippen LogP contribution in [-0.2, 0) is 4.74 Å². The summed E-state index contributed by atoms with van der Waals surface area (Å²) < 4.78 is 42.7. The molecule has 3 nitrogen and oxygen atoms in total. The van der Waals surface area contributed by atoms with Crippen LogP contribution in [0.2, 0.25) is 0 Å². The first-order chi connectivity index (χ1) is 8.23. The predicted octanol–water partition coefficient (Wildman–Crippen LogP) is 2.48. The van der Waals surface area contributed by atoms with Crippen molar-refractivity contribution in [1.29, 1.82) is 5.26 Å². The maximum absolute atomic E-state index is 12.4. The van der Waals surface area contributed by atoms with Gasteiger partial charge in [-0.1, -0.05) is 13.8 Å². The SMILES string of the molecule is CCOC1CC(NCC(C#N)C(F)(F)F)C1(C)C. The number of alkyl halides is 3. The molecule has 0 heterocycles. The van der Waals surface area contributed by atoms with E-state index in [0.717, 1.165) is 0 Å². The Morgan fingerprint density at radius 2 is 2.11 bits per heavy atom. The van der Waals surface area contributed by atoms with Crippen LogP contribution in [0.5, 0.6) is 0 Å². The molecule has 0 aromatic heterocycles. The Labute approximate surface area is 105 Å². The molecule has 104 valence electrons. The van der Waals surface area contributed by atoms with Crippen molar-refractivity contribution in [2.45, 2.75) is 45.5 Å². The van der Waals surface area contributed by atoms with Gasteiger partial charge in [0.05, 0.1) is 12.2 Å². The molecule has 6 heteroatoms. The fourth-order valence-electron chi connectivity index (χ4n) is 2.21. The zero-order valence-corrected chi connectivity index (χ0v) is 10.8. The van der Waals surface area contributed by atoms with Gasteiger partial charge in [0.25, 0.3) is 0 Å². The number of hydrogen-bond acceptors (Lipinski definition) is 3. The second-order valence-corrected chi connectivity index (χ2v) is 5.19. The van der Waals surface area contributed by atoms with Gasteiger partial charge in [0.2, 0.25) is 0 Å². The van der Waals surface area contributed by atoms with E-state index in [1.165, 1.54) is 6.07 Å². The molecule has 0 aliphatic heterocycles. The quantitative estimate of drug-likeness (QED) is 0.829. The van der Waals surface area contributed by atoms with Crippen LogP contribution in [0.4, 0.5) is 13.2 Å². The van der Waals surface area contributed by atoms with E-state index >= 15 is 0 Å². The minimum Gasteiger partial charge on any atom is -0.378 e. The summed E-state index contributed by atoms with van der Waals surface area (Å²) in [6.45, 7) is 6.07. The number of halogens is 3. The number of nitriles is 1. The number of rotatable bonds is 5. The lowest BCUT2D eigenvalue weighted by Gasteiger charge is -2.52. The summed E-state index contributed by atoms with van der Waals surface area (Å²) in [4.78, 5) is 0. The van der Waals surface area contributed by atoms with E-state index < -0.39 is 12.1 Å².